The number of Topliss-reactive ketones (excluding diaryl/α,β-unsaturated/α-hetero) is 1. The summed E-state index contributed by atoms with van der Waals surface area (Å²) in [6, 6.07) is 11.6. The maximum absolute atomic E-state index is 12.6. The smallest absolute Gasteiger partial charge is 0.398 e. The van der Waals surface area contributed by atoms with Crippen LogP contribution in [-0.4, -0.2) is 29.7 Å². The Morgan fingerprint density at radius 2 is 1.61 bits per heavy atom. The van der Waals surface area contributed by atoms with Crippen molar-refractivity contribution in [1.29, 1.82) is 0 Å². The number of hydrogen-bond acceptors (Lipinski definition) is 3. The number of anilines is 1. The molecule has 3 rings (SSSR count). The van der Waals surface area contributed by atoms with Crippen molar-refractivity contribution >= 4 is 17.4 Å². The van der Waals surface area contributed by atoms with E-state index in [1.54, 1.807) is 29.2 Å². The first kappa shape index (κ1) is 19.9. The number of rotatable bonds is 4. The highest BCUT2D eigenvalue weighted by molar-refractivity contribution is 6.02. The highest BCUT2D eigenvalue weighted by Crippen LogP contribution is 2.29. The third-order valence-corrected chi connectivity index (χ3v) is 5.08. The van der Waals surface area contributed by atoms with Gasteiger partial charge in [-0.2, -0.15) is 13.2 Å². The zero-order valence-corrected chi connectivity index (χ0v) is 15.2. The Labute approximate surface area is 161 Å². The molecule has 148 valence electrons. The molecule has 0 atom stereocenters. The lowest BCUT2D eigenvalue weighted by Gasteiger charge is -2.31. The van der Waals surface area contributed by atoms with Gasteiger partial charge in [0.15, 0.2) is 5.78 Å². The van der Waals surface area contributed by atoms with Crippen LogP contribution < -0.4 is 5.73 Å². The highest BCUT2D eigenvalue weighted by atomic mass is 19.4. The average Bonchev–Trinajstić information content (AvgIpc) is 2.67. The van der Waals surface area contributed by atoms with Crippen molar-refractivity contribution in [3.05, 3.63) is 65.2 Å². The molecule has 1 saturated heterocycles. The topological polar surface area (TPSA) is 63.4 Å². The quantitative estimate of drug-likeness (QED) is 0.635. The van der Waals surface area contributed by atoms with Crippen molar-refractivity contribution in [2.45, 2.75) is 25.4 Å². The lowest BCUT2D eigenvalue weighted by Crippen LogP contribution is -2.41. The minimum Gasteiger partial charge on any atom is -0.398 e. The molecule has 1 aliphatic rings. The maximum Gasteiger partial charge on any atom is 0.416 e. The monoisotopic (exact) mass is 390 g/mol. The number of halogens is 3. The van der Waals surface area contributed by atoms with Crippen LogP contribution in [-0.2, 0) is 17.4 Å². The molecule has 0 bridgehead atoms. The molecule has 0 aromatic heterocycles. The molecule has 0 spiro atoms. The molecular formula is C21H21F3N2O2. The summed E-state index contributed by atoms with van der Waals surface area (Å²) in [5, 5.41) is 0. The van der Waals surface area contributed by atoms with Crippen molar-refractivity contribution in [2.24, 2.45) is 5.92 Å². The second-order valence-electron chi connectivity index (χ2n) is 6.98. The molecule has 0 unspecified atom stereocenters. The molecule has 2 N–H and O–H groups in total. The summed E-state index contributed by atoms with van der Waals surface area (Å²) in [7, 11) is 0. The normalized spacial score (nSPS) is 15.5. The molecule has 1 fully saturated rings. The van der Waals surface area contributed by atoms with E-state index in [0.717, 1.165) is 12.1 Å². The molecule has 0 saturated carbocycles. The van der Waals surface area contributed by atoms with Gasteiger partial charge in [0.2, 0.25) is 5.91 Å². The van der Waals surface area contributed by atoms with E-state index in [4.69, 9.17) is 5.73 Å². The van der Waals surface area contributed by atoms with Crippen LogP contribution in [0.3, 0.4) is 0 Å². The number of nitrogen functional groups attached to an aromatic ring is 1. The largest absolute Gasteiger partial charge is 0.416 e. The molecule has 0 aliphatic carbocycles. The number of carbonyl (C=O) groups is 2. The van der Waals surface area contributed by atoms with Crippen LogP contribution in [0.4, 0.5) is 18.9 Å². The van der Waals surface area contributed by atoms with Gasteiger partial charge in [0.05, 0.1) is 12.0 Å². The van der Waals surface area contributed by atoms with Gasteiger partial charge in [-0.15, -0.1) is 0 Å². The summed E-state index contributed by atoms with van der Waals surface area (Å²) < 4.78 is 37.8. The number of amides is 1. The third kappa shape index (κ3) is 4.52. The van der Waals surface area contributed by atoms with Crippen LogP contribution in [0, 0.1) is 5.92 Å². The van der Waals surface area contributed by atoms with Crippen LogP contribution in [0.1, 0.15) is 34.3 Å². The Hall–Kier alpha value is -2.83. The van der Waals surface area contributed by atoms with Crippen molar-refractivity contribution in [3.8, 4) is 0 Å². The zero-order chi connectivity index (χ0) is 20.3. The summed E-state index contributed by atoms with van der Waals surface area (Å²) in [6.45, 7) is 0.894. The van der Waals surface area contributed by atoms with Crippen molar-refractivity contribution in [2.75, 3.05) is 18.8 Å². The lowest BCUT2D eigenvalue weighted by molar-refractivity contribution is -0.137. The predicted octanol–water partition coefficient (Wildman–Crippen LogP) is 3.95. The molecule has 2 aromatic carbocycles. The molecular weight excluding hydrogens is 369 g/mol. The van der Waals surface area contributed by atoms with Gasteiger partial charge >= 0.3 is 6.18 Å². The Balaban J connectivity index is 1.55. The van der Waals surface area contributed by atoms with E-state index in [2.05, 4.69) is 0 Å². The van der Waals surface area contributed by atoms with Crippen LogP contribution in [0.15, 0.2) is 48.5 Å². The first-order valence-electron chi connectivity index (χ1n) is 9.08. The molecule has 1 aliphatic heterocycles. The van der Waals surface area contributed by atoms with Gasteiger partial charge in [0, 0.05) is 30.3 Å². The minimum absolute atomic E-state index is 0.00654. The highest BCUT2D eigenvalue weighted by Gasteiger charge is 2.31. The van der Waals surface area contributed by atoms with Gasteiger partial charge in [0.25, 0.3) is 0 Å². The molecule has 1 amide bonds. The molecule has 0 radical (unpaired) electrons. The minimum atomic E-state index is -4.39. The molecule has 7 heteroatoms. The fourth-order valence-corrected chi connectivity index (χ4v) is 3.43. The number of hydrogen-bond donors (Lipinski definition) is 1. The van der Waals surface area contributed by atoms with Crippen LogP contribution in [0.5, 0.6) is 0 Å². The molecule has 1 heterocycles. The van der Waals surface area contributed by atoms with E-state index in [0.29, 0.717) is 42.7 Å². The number of nitrogens with zero attached hydrogens (tertiary/aromatic N) is 1. The van der Waals surface area contributed by atoms with Crippen molar-refractivity contribution in [3.63, 3.8) is 0 Å². The summed E-state index contributed by atoms with van der Waals surface area (Å²) >= 11 is 0. The van der Waals surface area contributed by atoms with Gasteiger partial charge in [-0.25, -0.2) is 0 Å². The Morgan fingerprint density at radius 3 is 2.18 bits per heavy atom. The van der Waals surface area contributed by atoms with Gasteiger partial charge in [-0.3, -0.25) is 9.59 Å². The van der Waals surface area contributed by atoms with Gasteiger partial charge in [-0.1, -0.05) is 24.3 Å². The van der Waals surface area contributed by atoms with Gasteiger partial charge in [-0.05, 0) is 42.7 Å². The van der Waals surface area contributed by atoms with Crippen LogP contribution in [0.25, 0.3) is 0 Å². The number of nitrogens with two attached hydrogens (primary N) is 1. The number of alkyl halides is 3. The zero-order valence-electron chi connectivity index (χ0n) is 15.2. The second kappa shape index (κ2) is 8.04. The summed E-state index contributed by atoms with van der Waals surface area (Å²) in [5.74, 6) is -0.336. The second-order valence-corrected chi connectivity index (χ2v) is 6.98. The average molecular weight is 390 g/mol. The van der Waals surface area contributed by atoms with E-state index < -0.39 is 11.7 Å². The third-order valence-electron chi connectivity index (χ3n) is 5.08. The number of benzene rings is 2. The number of carbonyl (C=O) groups excluding carboxylic acids is 2. The summed E-state index contributed by atoms with van der Waals surface area (Å²) in [6.07, 6.45) is -3.25. The first-order valence-corrected chi connectivity index (χ1v) is 9.08. The first-order chi connectivity index (χ1) is 13.3. The number of piperidine rings is 1. The maximum atomic E-state index is 12.6. The SMILES string of the molecule is Nc1ccccc1C(=O)C1CCN(C(=O)Cc2ccc(C(F)(F)F)cc2)CC1. The fraction of sp³-hybridized carbons (Fsp3) is 0.333. The van der Waals surface area contributed by atoms with E-state index >= 15 is 0 Å². The number of para-hydroxylation sites is 1. The molecule has 28 heavy (non-hydrogen) atoms. The van der Waals surface area contributed by atoms with Gasteiger partial charge < -0.3 is 10.6 Å². The standard InChI is InChI=1S/C21H21F3N2O2/c22-21(23,24)16-7-5-14(6-8-16)13-19(27)26-11-9-15(10-12-26)20(28)17-3-1-2-4-18(17)25/h1-8,15H,9-13,25H2. The predicted molar refractivity (Wildman–Crippen MR) is 99.6 cm³/mol. The van der Waals surface area contributed by atoms with Crippen molar-refractivity contribution < 1.29 is 22.8 Å². The van der Waals surface area contributed by atoms with E-state index in [1.807, 2.05) is 0 Å². The lowest BCUT2D eigenvalue weighted by atomic mass is 9.88. The van der Waals surface area contributed by atoms with E-state index in [1.165, 1.54) is 12.1 Å². The van der Waals surface area contributed by atoms with Crippen molar-refractivity contribution in [1.82, 2.24) is 4.90 Å². The molecule has 2 aromatic rings. The summed E-state index contributed by atoms with van der Waals surface area (Å²) in [5.41, 5.74) is 6.64. The number of likely N-dealkylation sites (tertiary alicyclic amines) is 1. The Morgan fingerprint density at radius 1 is 1.00 bits per heavy atom. The number of ketones is 1. The fourth-order valence-electron chi connectivity index (χ4n) is 3.43. The van der Waals surface area contributed by atoms with E-state index in [9.17, 15) is 22.8 Å². The Bertz CT molecular complexity index is 855. The van der Waals surface area contributed by atoms with Crippen LogP contribution in [0.2, 0.25) is 0 Å². The summed E-state index contributed by atoms with van der Waals surface area (Å²) in [4.78, 5) is 26.7. The van der Waals surface area contributed by atoms with Gasteiger partial charge in [0.1, 0.15) is 0 Å². The van der Waals surface area contributed by atoms with Crippen LogP contribution >= 0.6 is 0 Å². The van der Waals surface area contributed by atoms with E-state index in [-0.39, 0.29) is 24.0 Å². The Kier molecular flexibility index (Phi) is 5.72. The molecule has 4 nitrogen and oxygen atoms in total.